The van der Waals surface area contributed by atoms with Crippen LogP contribution in [0.3, 0.4) is 0 Å². The first-order valence-electron chi connectivity index (χ1n) is 7.11. The minimum atomic E-state index is -0.779. The van der Waals surface area contributed by atoms with Crippen molar-refractivity contribution < 1.29 is 14.0 Å². The van der Waals surface area contributed by atoms with E-state index in [9.17, 15) is 14.0 Å². The summed E-state index contributed by atoms with van der Waals surface area (Å²) in [6.45, 7) is 5.51. The Morgan fingerprint density at radius 3 is 2.53 bits per heavy atom. The van der Waals surface area contributed by atoms with Crippen LogP contribution in [-0.4, -0.2) is 41.5 Å². The molecule has 0 radical (unpaired) electrons. The molecule has 0 aromatic rings. The molecule has 2 fully saturated rings. The van der Waals surface area contributed by atoms with E-state index in [4.69, 9.17) is 0 Å². The second-order valence-corrected chi connectivity index (χ2v) is 6.20. The van der Waals surface area contributed by atoms with E-state index in [2.05, 4.69) is 5.32 Å². The zero-order valence-corrected chi connectivity index (χ0v) is 11.9. The second kappa shape index (κ2) is 5.10. The number of nitrogens with zero attached hydrogens (tertiary/aromatic N) is 1. The average Bonchev–Trinajstić information content (AvgIpc) is 3.15. The number of carbonyl (C=O) groups is 2. The van der Waals surface area contributed by atoms with Gasteiger partial charge in [0.1, 0.15) is 11.6 Å². The van der Waals surface area contributed by atoms with Gasteiger partial charge in [-0.3, -0.25) is 14.0 Å². The Kier molecular flexibility index (Phi) is 3.83. The molecule has 1 saturated heterocycles. The van der Waals surface area contributed by atoms with Gasteiger partial charge < -0.3 is 10.2 Å². The molecule has 2 amide bonds. The lowest BCUT2D eigenvalue weighted by molar-refractivity contribution is -0.157. The van der Waals surface area contributed by atoms with E-state index in [1.807, 2.05) is 20.8 Å². The third-order valence-corrected chi connectivity index (χ3v) is 4.25. The lowest BCUT2D eigenvalue weighted by Gasteiger charge is -2.46. The molecule has 19 heavy (non-hydrogen) atoms. The highest BCUT2D eigenvalue weighted by Crippen LogP contribution is 2.42. The molecule has 1 aliphatic heterocycles. The van der Waals surface area contributed by atoms with Crippen molar-refractivity contribution in [3.05, 3.63) is 0 Å². The van der Waals surface area contributed by atoms with Gasteiger partial charge in [0.15, 0.2) is 0 Å². The molecule has 108 valence electrons. The van der Waals surface area contributed by atoms with Gasteiger partial charge in [-0.1, -0.05) is 13.8 Å². The predicted molar refractivity (Wildman–Crippen MR) is 70.2 cm³/mol. The first kappa shape index (κ1) is 14.3. The molecular weight excluding hydrogens is 247 g/mol. The zero-order chi connectivity index (χ0) is 14.2. The van der Waals surface area contributed by atoms with Crippen LogP contribution < -0.4 is 5.32 Å². The lowest BCUT2D eigenvalue weighted by Crippen LogP contribution is -2.71. The van der Waals surface area contributed by atoms with Crippen LogP contribution in [0.25, 0.3) is 0 Å². The summed E-state index contributed by atoms with van der Waals surface area (Å²) in [6.07, 6.45) is 2.25. The number of halogens is 1. The van der Waals surface area contributed by atoms with Gasteiger partial charge in [-0.2, -0.15) is 0 Å². The van der Waals surface area contributed by atoms with Gasteiger partial charge in [-0.25, -0.2) is 0 Å². The monoisotopic (exact) mass is 270 g/mol. The number of nitrogens with one attached hydrogen (secondary N) is 1. The summed E-state index contributed by atoms with van der Waals surface area (Å²) in [5.74, 6) is 0.141. The van der Waals surface area contributed by atoms with Gasteiger partial charge in [0, 0.05) is 6.54 Å². The van der Waals surface area contributed by atoms with Crippen molar-refractivity contribution in [3.8, 4) is 0 Å². The number of hydrogen-bond acceptors (Lipinski definition) is 2. The van der Waals surface area contributed by atoms with Crippen LogP contribution in [0.5, 0.6) is 0 Å². The summed E-state index contributed by atoms with van der Waals surface area (Å²) in [4.78, 5) is 26.6. The number of alkyl halides is 1. The lowest BCUT2D eigenvalue weighted by atomic mass is 9.86. The van der Waals surface area contributed by atoms with E-state index in [0.717, 1.165) is 12.8 Å². The van der Waals surface area contributed by atoms with E-state index >= 15 is 0 Å². The van der Waals surface area contributed by atoms with Crippen molar-refractivity contribution in [2.24, 2.45) is 11.8 Å². The molecular formula is C14H23FN2O2. The summed E-state index contributed by atoms with van der Waals surface area (Å²) in [5.41, 5.74) is -0.779. The van der Waals surface area contributed by atoms with Crippen molar-refractivity contribution in [1.82, 2.24) is 10.2 Å². The molecule has 2 rings (SSSR count). The Bertz CT molecular complexity index is 382. The molecule has 1 saturated carbocycles. The number of hydrogen-bond donors (Lipinski definition) is 1. The molecule has 1 heterocycles. The zero-order valence-electron chi connectivity index (χ0n) is 11.9. The van der Waals surface area contributed by atoms with Crippen molar-refractivity contribution in [2.75, 3.05) is 13.2 Å². The maximum absolute atomic E-state index is 12.7. The fourth-order valence-corrected chi connectivity index (χ4v) is 3.02. The van der Waals surface area contributed by atoms with E-state index in [0.29, 0.717) is 13.0 Å². The normalized spacial score (nSPS) is 31.8. The van der Waals surface area contributed by atoms with Crippen LogP contribution in [-0.2, 0) is 9.59 Å². The molecule has 2 unspecified atom stereocenters. The van der Waals surface area contributed by atoms with Gasteiger partial charge in [-0.15, -0.1) is 0 Å². The Labute approximate surface area is 113 Å². The molecule has 1 N–H and O–H groups in total. The van der Waals surface area contributed by atoms with Crippen LogP contribution >= 0.6 is 0 Å². The maximum Gasteiger partial charge on any atom is 0.249 e. The first-order chi connectivity index (χ1) is 8.91. The molecule has 2 atom stereocenters. The minimum absolute atomic E-state index is 0.0346. The fraction of sp³-hybridized carbons (Fsp3) is 0.857. The van der Waals surface area contributed by atoms with E-state index in [-0.39, 0.29) is 23.7 Å². The summed E-state index contributed by atoms with van der Waals surface area (Å²) in [6, 6.07) is -0.467. The van der Waals surface area contributed by atoms with Gasteiger partial charge in [0.05, 0.1) is 6.67 Å². The third-order valence-electron chi connectivity index (χ3n) is 4.25. The van der Waals surface area contributed by atoms with E-state index in [1.165, 1.54) is 0 Å². The SMILES string of the molecule is CC(C)C1C(=O)NC(C)(C2CC2)C(=O)N1CCCF. The van der Waals surface area contributed by atoms with Gasteiger partial charge in [0.25, 0.3) is 0 Å². The average molecular weight is 270 g/mol. The molecule has 0 aromatic carbocycles. The number of amides is 2. The third kappa shape index (κ3) is 2.47. The highest BCUT2D eigenvalue weighted by molar-refractivity contribution is 6.00. The van der Waals surface area contributed by atoms with Crippen LogP contribution in [0.1, 0.15) is 40.0 Å². The molecule has 0 aromatic heterocycles. The summed E-state index contributed by atoms with van der Waals surface area (Å²) in [5, 5.41) is 2.92. The van der Waals surface area contributed by atoms with Crippen molar-refractivity contribution in [2.45, 2.75) is 51.6 Å². The topological polar surface area (TPSA) is 49.4 Å². The molecule has 4 nitrogen and oxygen atoms in total. The van der Waals surface area contributed by atoms with Gasteiger partial charge >= 0.3 is 0 Å². The van der Waals surface area contributed by atoms with Crippen LogP contribution in [0.4, 0.5) is 4.39 Å². The van der Waals surface area contributed by atoms with Crippen molar-refractivity contribution in [3.63, 3.8) is 0 Å². The molecule has 0 spiro atoms. The highest BCUT2D eigenvalue weighted by atomic mass is 19.1. The van der Waals surface area contributed by atoms with Crippen LogP contribution in [0.15, 0.2) is 0 Å². The van der Waals surface area contributed by atoms with Gasteiger partial charge in [0.2, 0.25) is 11.8 Å². The molecule has 0 bridgehead atoms. The summed E-state index contributed by atoms with van der Waals surface area (Å²) in [7, 11) is 0. The first-order valence-corrected chi connectivity index (χ1v) is 7.11. The second-order valence-electron chi connectivity index (χ2n) is 6.20. The Hall–Kier alpha value is -1.13. The van der Waals surface area contributed by atoms with Gasteiger partial charge in [-0.05, 0) is 38.0 Å². The molecule has 1 aliphatic carbocycles. The summed E-state index contributed by atoms with van der Waals surface area (Å²) >= 11 is 0. The highest BCUT2D eigenvalue weighted by Gasteiger charge is 2.55. The quantitative estimate of drug-likeness (QED) is 0.823. The molecule has 2 aliphatic rings. The standard InChI is InChI=1S/C14H23FN2O2/c1-9(2)11-12(18)16-14(3,10-5-6-10)13(19)17(11)8-4-7-15/h9-11H,4-8H2,1-3H3,(H,16,18). The summed E-state index contributed by atoms with van der Waals surface area (Å²) < 4.78 is 12.4. The minimum Gasteiger partial charge on any atom is -0.340 e. The van der Waals surface area contributed by atoms with Crippen LogP contribution in [0.2, 0.25) is 0 Å². The largest absolute Gasteiger partial charge is 0.340 e. The smallest absolute Gasteiger partial charge is 0.249 e. The number of piperazine rings is 1. The van der Waals surface area contributed by atoms with Crippen LogP contribution in [0, 0.1) is 11.8 Å². The van der Waals surface area contributed by atoms with E-state index < -0.39 is 18.3 Å². The van der Waals surface area contributed by atoms with E-state index in [1.54, 1.807) is 4.90 Å². The Balaban J connectivity index is 2.25. The van der Waals surface area contributed by atoms with Crippen molar-refractivity contribution >= 4 is 11.8 Å². The predicted octanol–water partition coefficient (Wildman–Crippen LogP) is 1.50. The number of rotatable bonds is 5. The fourth-order valence-electron chi connectivity index (χ4n) is 3.02. The molecule has 5 heteroatoms. The Morgan fingerprint density at radius 1 is 1.42 bits per heavy atom. The Morgan fingerprint density at radius 2 is 2.05 bits per heavy atom. The number of carbonyl (C=O) groups excluding carboxylic acids is 2. The van der Waals surface area contributed by atoms with Crippen molar-refractivity contribution in [1.29, 1.82) is 0 Å². The maximum atomic E-state index is 12.7.